The van der Waals surface area contributed by atoms with Crippen LogP contribution in [0.3, 0.4) is 0 Å². The Morgan fingerprint density at radius 2 is 2.14 bits per heavy atom. The zero-order valence-corrected chi connectivity index (χ0v) is 7.49. The third-order valence-corrected chi connectivity index (χ3v) is 1.97. The van der Waals surface area contributed by atoms with E-state index in [4.69, 9.17) is 4.84 Å². The molecule has 0 atom stereocenters. The summed E-state index contributed by atoms with van der Waals surface area (Å²) in [7, 11) is 0. The Morgan fingerprint density at radius 1 is 1.36 bits per heavy atom. The van der Waals surface area contributed by atoms with Crippen LogP contribution < -0.4 is 10.3 Å². The Labute approximate surface area is 81.7 Å². The van der Waals surface area contributed by atoms with Gasteiger partial charge in [-0.05, 0) is 12.1 Å². The van der Waals surface area contributed by atoms with Crippen LogP contribution in [0.1, 0.15) is 5.56 Å². The average molecular weight is 187 g/mol. The largest absolute Gasteiger partial charge is 0.379 e. The number of benzene rings is 1. The molecule has 0 spiro atoms. The molecule has 0 unspecified atom stereocenters. The standard InChI is InChI=1S/C11H9NO2/c1-2-8-7-9-5-3-4-6-10(9)14-12-11(8)13/h2-7H,1H2,(H,12,13). The van der Waals surface area contributed by atoms with E-state index in [1.54, 1.807) is 12.1 Å². The van der Waals surface area contributed by atoms with Gasteiger partial charge in [-0.3, -0.25) is 4.79 Å². The molecule has 1 heterocycles. The van der Waals surface area contributed by atoms with Gasteiger partial charge in [0.2, 0.25) is 0 Å². The maximum atomic E-state index is 11.3. The first-order valence-electron chi connectivity index (χ1n) is 4.21. The molecule has 14 heavy (non-hydrogen) atoms. The second kappa shape index (κ2) is 3.38. The second-order valence-corrected chi connectivity index (χ2v) is 2.87. The molecule has 0 saturated heterocycles. The molecular weight excluding hydrogens is 178 g/mol. The minimum atomic E-state index is -0.281. The number of hydrogen-bond donors (Lipinski definition) is 1. The Hall–Kier alpha value is -2.03. The van der Waals surface area contributed by atoms with E-state index in [1.807, 2.05) is 18.2 Å². The van der Waals surface area contributed by atoms with Crippen LogP contribution >= 0.6 is 0 Å². The van der Waals surface area contributed by atoms with Gasteiger partial charge in [-0.25, -0.2) is 0 Å². The van der Waals surface area contributed by atoms with Crippen LogP contribution in [-0.2, 0) is 4.79 Å². The Balaban J connectivity index is 2.52. The molecule has 0 saturated carbocycles. The number of fused-ring (bicyclic) bond motifs is 1. The van der Waals surface area contributed by atoms with Crippen molar-refractivity contribution in [2.24, 2.45) is 0 Å². The highest BCUT2D eigenvalue weighted by Crippen LogP contribution is 2.22. The lowest BCUT2D eigenvalue weighted by Gasteiger charge is -2.04. The van der Waals surface area contributed by atoms with Gasteiger partial charge in [-0.1, -0.05) is 30.9 Å². The highest BCUT2D eigenvalue weighted by molar-refractivity contribution is 6.01. The van der Waals surface area contributed by atoms with Gasteiger partial charge in [0.15, 0.2) is 5.75 Å². The van der Waals surface area contributed by atoms with Gasteiger partial charge in [0.05, 0.1) is 0 Å². The second-order valence-electron chi connectivity index (χ2n) is 2.87. The van der Waals surface area contributed by atoms with E-state index >= 15 is 0 Å². The van der Waals surface area contributed by atoms with E-state index in [-0.39, 0.29) is 5.91 Å². The molecule has 3 heteroatoms. The number of rotatable bonds is 1. The molecule has 70 valence electrons. The lowest BCUT2D eigenvalue weighted by atomic mass is 10.1. The maximum absolute atomic E-state index is 11.3. The van der Waals surface area contributed by atoms with Crippen molar-refractivity contribution < 1.29 is 9.63 Å². The lowest BCUT2D eigenvalue weighted by Crippen LogP contribution is -2.26. The summed E-state index contributed by atoms with van der Waals surface area (Å²) in [4.78, 5) is 16.4. The molecule has 1 aromatic rings. The van der Waals surface area contributed by atoms with E-state index in [2.05, 4.69) is 12.1 Å². The lowest BCUT2D eigenvalue weighted by molar-refractivity contribution is -0.123. The zero-order chi connectivity index (χ0) is 9.97. The van der Waals surface area contributed by atoms with E-state index in [0.29, 0.717) is 11.3 Å². The van der Waals surface area contributed by atoms with Crippen molar-refractivity contribution in [2.45, 2.75) is 0 Å². The topological polar surface area (TPSA) is 38.3 Å². The van der Waals surface area contributed by atoms with Crippen molar-refractivity contribution >= 4 is 12.0 Å². The van der Waals surface area contributed by atoms with Gasteiger partial charge in [-0.15, -0.1) is 0 Å². The molecule has 0 bridgehead atoms. The first-order chi connectivity index (χ1) is 6.81. The van der Waals surface area contributed by atoms with E-state index in [0.717, 1.165) is 5.56 Å². The number of para-hydroxylation sites is 1. The first-order valence-corrected chi connectivity index (χ1v) is 4.21. The summed E-state index contributed by atoms with van der Waals surface area (Å²) >= 11 is 0. The van der Waals surface area contributed by atoms with Crippen molar-refractivity contribution in [1.29, 1.82) is 0 Å². The molecule has 0 aromatic heterocycles. The number of carbonyl (C=O) groups is 1. The van der Waals surface area contributed by atoms with Crippen LogP contribution in [0, 0.1) is 0 Å². The van der Waals surface area contributed by atoms with E-state index in [9.17, 15) is 4.79 Å². The molecule has 1 aliphatic rings. The Kier molecular flexibility index (Phi) is 2.07. The van der Waals surface area contributed by atoms with Gasteiger partial charge in [0.25, 0.3) is 5.91 Å². The van der Waals surface area contributed by atoms with Gasteiger partial charge in [-0.2, -0.15) is 5.48 Å². The van der Waals surface area contributed by atoms with Crippen LogP contribution in [0.4, 0.5) is 0 Å². The predicted molar refractivity (Wildman–Crippen MR) is 53.4 cm³/mol. The zero-order valence-electron chi connectivity index (χ0n) is 7.49. The fraction of sp³-hybridized carbons (Fsp3) is 0. The smallest absolute Gasteiger partial charge is 0.283 e. The van der Waals surface area contributed by atoms with Crippen LogP contribution in [0.15, 0.2) is 42.5 Å². The van der Waals surface area contributed by atoms with Crippen LogP contribution in [0.2, 0.25) is 0 Å². The highest BCUT2D eigenvalue weighted by Gasteiger charge is 2.13. The highest BCUT2D eigenvalue weighted by atomic mass is 16.7. The van der Waals surface area contributed by atoms with Crippen LogP contribution in [-0.4, -0.2) is 5.91 Å². The predicted octanol–water partition coefficient (Wildman–Crippen LogP) is 1.68. The SMILES string of the molecule is C=CC1=Cc2ccccc2ONC1=O. The van der Waals surface area contributed by atoms with Crippen LogP contribution in [0.25, 0.3) is 6.08 Å². The summed E-state index contributed by atoms with van der Waals surface area (Å²) in [5.41, 5.74) is 3.68. The molecule has 1 aliphatic heterocycles. The first kappa shape index (κ1) is 8.56. The number of nitrogens with one attached hydrogen (secondary N) is 1. The molecule has 0 radical (unpaired) electrons. The van der Waals surface area contributed by atoms with Crippen LogP contribution in [0.5, 0.6) is 5.75 Å². The van der Waals surface area contributed by atoms with Gasteiger partial charge >= 0.3 is 0 Å². The Bertz CT molecular complexity index is 421. The molecular formula is C11H9NO2. The van der Waals surface area contributed by atoms with Gasteiger partial charge in [0, 0.05) is 11.1 Å². The normalized spacial score (nSPS) is 14.3. The summed E-state index contributed by atoms with van der Waals surface area (Å²) in [5, 5.41) is 0. The molecule has 2 rings (SSSR count). The molecule has 1 aromatic carbocycles. The number of hydrogen-bond acceptors (Lipinski definition) is 2. The fourth-order valence-corrected chi connectivity index (χ4v) is 1.24. The average Bonchev–Trinajstić information content (AvgIpc) is 2.38. The summed E-state index contributed by atoms with van der Waals surface area (Å²) < 4.78 is 0. The van der Waals surface area contributed by atoms with Crippen molar-refractivity contribution in [1.82, 2.24) is 5.48 Å². The Morgan fingerprint density at radius 3 is 2.93 bits per heavy atom. The minimum Gasteiger partial charge on any atom is -0.379 e. The quantitative estimate of drug-likeness (QED) is 0.726. The third kappa shape index (κ3) is 1.40. The van der Waals surface area contributed by atoms with Gasteiger partial charge in [0.1, 0.15) is 0 Å². The minimum absolute atomic E-state index is 0.281. The summed E-state index contributed by atoms with van der Waals surface area (Å²) in [6, 6.07) is 7.39. The van der Waals surface area contributed by atoms with Crippen molar-refractivity contribution in [3.8, 4) is 5.75 Å². The van der Waals surface area contributed by atoms with E-state index in [1.165, 1.54) is 6.08 Å². The molecule has 1 N–H and O–H groups in total. The summed E-state index contributed by atoms with van der Waals surface area (Å²) in [6.07, 6.45) is 3.24. The maximum Gasteiger partial charge on any atom is 0.283 e. The van der Waals surface area contributed by atoms with Crippen molar-refractivity contribution in [2.75, 3.05) is 0 Å². The number of hydroxylamine groups is 1. The summed E-state index contributed by atoms with van der Waals surface area (Å²) in [6.45, 7) is 3.56. The summed E-state index contributed by atoms with van der Waals surface area (Å²) in [5.74, 6) is 0.355. The van der Waals surface area contributed by atoms with Crippen molar-refractivity contribution in [3.63, 3.8) is 0 Å². The number of amides is 1. The van der Waals surface area contributed by atoms with Crippen molar-refractivity contribution in [3.05, 3.63) is 48.1 Å². The number of carbonyl (C=O) groups excluding carboxylic acids is 1. The monoisotopic (exact) mass is 187 g/mol. The fourth-order valence-electron chi connectivity index (χ4n) is 1.24. The van der Waals surface area contributed by atoms with E-state index < -0.39 is 0 Å². The molecule has 1 amide bonds. The molecule has 0 aliphatic carbocycles. The molecule has 0 fully saturated rings. The third-order valence-electron chi connectivity index (χ3n) is 1.97. The van der Waals surface area contributed by atoms with Gasteiger partial charge < -0.3 is 4.84 Å². The molecule has 3 nitrogen and oxygen atoms in total.